The van der Waals surface area contributed by atoms with Gasteiger partial charge in [0.25, 0.3) is 5.91 Å². The van der Waals surface area contributed by atoms with Gasteiger partial charge in [-0.3, -0.25) is 4.79 Å². The molecule has 1 aromatic rings. The molecule has 24 heavy (non-hydrogen) atoms. The van der Waals surface area contributed by atoms with Crippen LogP contribution in [0.25, 0.3) is 0 Å². The summed E-state index contributed by atoms with van der Waals surface area (Å²) in [7, 11) is 4.84. The van der Waals surface area contributed by atoms with Gasteiger partial charge in [0.05, 0.1) is 19.8 Å². The molecule has 2 atom stereocenters. The summed E-state index contributed by atoms with van der Waals surface area (Å²) in [6.45, 7) is 1.98. The zero-order valence-corrected chi connectivity index (χ0v) is 14.5. The van der Waals surface area contributed by atoms with Crippen LogP contribution < -0.4 is 9.47 Å². The molecule has 0 aliphatic carbocycles. The Morgan fingerprint density at radius 1 is 1.17 bits per heavy atom. The second kappa shape index (κ2) is 6.99. The van der Waals surface area contributed by atoms with E-state index in [1.165, 1.54) is 0 Å². The Morgan fingerprint density at radius 2 is 1.88 bits per heavy atom. The topological polar surface area (TPSA) is 57.2 Å². The Bertz CT molecular complexity index is 575. The maximum absolute atomic E-state index is 12.9. The van der Waals surface area contributed by atoms with Crippen LogP contribution in [0.5, 0.6) is 11.5 Å². The maximum atomic E-state index is 12.9. The van der Waals surface area contributed by atoms with Crippen molar-refractivity contribution in [3.8, 4) is 11.5 Å². The fourth-order valence-electron chi connectivity index (χ4n) is 3.70. The van der Waals surface area contributed by atoms with Crippen molar-refractivity contribution in [2.45, 2.75) is 31.0 Å². The first-order valence-electron chi connectivity index (χ1n) is 8.31. The van der Waals surface area contributed by atoms with Crippen molar-refractivity contribution in [2.24, 2.45) is 0 Å². The molecule has 132 valence electrons. The van der Waals surface area contributed by atoms with Gasteiger partial charge in [-0.25, -0.2) is 0 Å². The Hall–Kier alpha value is -1.79. The average Bonchev–Trinajstić information content (AvgIpc) is 3.10. The predicted molar refractivity (Wildman–Crippen MR) is 88.8 cm³/mol. The highest BCUT2D eigenvalue weighted by Crippen LogP contribution is 2.38. The van der Waals surface area contributed by atoms with Crippen molar-refractivity contribution in [1.29, 1.82) is 0 Å². The molecule has 0 bridgehead atoms. The number of likely N-dealkylation sites (tertiary alicyclic amines) is 1. The van der Waals surface area contributed by atoms with Gasteiger partial charge in [-0.05, 0) is 31.4 Å². The Kier molecular flexibility index (Phi) is 4.96. The number of carbonyl (C=O) groups excluding carboxylic acids is 1. The van der Waals surface area contributed by atoms with Crippen molar-refractivity contribution in [1.82, 2.24) is 4.90 Å². The molecule has 6 heteroatoms. The van der Waals surface area contributed by atoms with E-state index >= 15 is 0 Å². The Labute approximate surface area is 142 Å². The molecule has 6 nitrogen and oxygen atoms in total. The molecule has 2 aliphatic heterocycles. The third kappa shape index (κ3) is 3.08. The maximum Gasteiger partial charge on any atom is 0.254 e. The molecule has 1 amide bonds. The molecule has 0 saturated carbocycles. The van der Waals surface area contributed by atoms with Crippen LogP contribution in [0.1, 0.15) is 29.6 Å². The smallest absolute Gasteiger partial charge is 0.254 e. The lowest BCUT2D eigenvalue weighted by Gasteiger charge is -2.44. The van der Waals surface area contributed by atoms with Crippen molar-refractivity contribution in [3.63, 3.8) is 0 Å². The fraction of sp³-hybridized carbons (Fsp3) is 0.611. The zero-order chi connectivity index (χ0) is 17.2. The molecule has 0 N–H and O–H groups in total. The highest BCUT2D eigenvalue weighted by molar-refractivity contribution is 5.95. The number of amides is 1. The van der Waals surface area contributed by atoms with Crippen LogP contribution in [0.4, 0.5) is 0 Å². The van der Waals surface area contributed by atoms with E-state index in [1.54, 1.807) is 39.5 Å². The molecule has 2 saturated heterocycles. The summed E-state index contributed by atoms with van der Waals surface area (Å²) in [5, 5.41) is 0. The van der Waals surface area contributed by atoms with Gasteiger partial charge >= 0.3 is 0 Å². The third-order valence-electron chi connectivity index (χ3n) is 5.08. The minimum absolute atomic E-state index is 0.0397. The first-order valence-corrected chi connectivity index (χ1v) is 8.31. The summed E-state index contributed by atoms with van der Waals surface area (Å²) in [5.41, 5.74) is 0.335. The number of methoxy groups -OCH3 is 3. The number of hydrogen-bond donors (Lipinski definition) is 0. The van der Waals surface area contributed by atoms with Crippen molar-refractivity contribution in [2.75, 3.05) is 41.0 Å². The molecule has 0 aromatic heterocycles. The predicted octanol–water partition coefficient (Wildman–Crippen LogP) is 2.11. The number of nitrogens with zero attached hydrogens (tertiary/aromatic N) is 1. The quantitative estimate of drug-likeness (QED) is 0.843. The van der Waals surface area contributed by atoms with Gasteiger partial charge in [-0.1, -0.05) is 0 Å². The SMILES string of the molecule is COc1cc(OC)cc(C(=O)N2CC[C@@]3(CCCO3)[C@@H](OC)C2)c1. The highest BCUT2D eigenvalue weighted by atomic mass is 16.6. The minimum atomic E-state index is -0.225. The van der Waals surface area contributed by atoms with E-state index in [0.717, 1.165) is 25.9 Å². The van der Waals surface area contributed by atoms with Crippen LogP contribution >= 0.6 is 0 Å². The van der Waals surface area contributed by atoms with Crippen molar-refractivity contribution < 1.29 is 23.7 Å². The third-order valence-corrected chi connectivity index (χ3v) is 5.08. The number of piperidine rings is 1. The molecule has 3 rings (SSSR count). The number of benzene rings is 1. The molecule has 2 aliphatic rings. The summed E-state index contributed by atoms with van der Waals surface area (Å²) in [6, 6.07) is 5.23. The van der Waals surface area contributed by atoms with E-state index in [-0.39, 0.29) is 17.6 Å². The van der Waals surface area contributed by atoms with E-state index in [2.05, 4.69) is 0 Å². The summed E-state index contributed by atoms with van der Waals surface area (Å²) in [5.74, 6) is 1.17. The van der Waals surface area contributed by atoms with E-state index in [4.69, 9.17) is 18.9 Å². The standard InChI is InChI=1S/C18H25NO5/c1-21-14-9-13(10-15(11-14)22-2)17(20)19-7-6-18(5-4-8-24-18)16(12-19)23-3/h9-11,16H,4-8,12H2,1-3H3/t16-,18-/m0/s1. The lowest BCUT2D eigenvalue weighted by Crippen LogP contribution is -2.57. The van der Waals surface area contributed by atoms with Gasteiger partial charge in [0.1, 0.15) is 17.6 Å². The van der Waals surface area contributed by atoms with Gasteiger partial charge in [0.2, 0.25) is 0 Å². The van der Waals surface area contributed by atoms with Crippen LogP contribution in [0.15, 0.2) is 18.2 Å². The first kappa shape index (κ1) is 17.0. The number of carbonyl (C=O) groups is 1. The largest absolute Gasteiger partial charge is 0.497 e. The average molecular weight is 335 g/mol. The number of rotatable bonds is 4. The second-order valence-corrected chi connectivity index (χ2v) is 6.34. The van der Waals surface area contributed by atoms with Gasteiger partial charge in [-0.15, -0.1) is 0 Å². The van der Waals surface area contributed by atoms with Crippen LogP contribution in [0, 0.1) is 0 Å². The van der Waals surface area contributed by atoms with E-state index in [1.807, 2.05) is 4.90 Å². The molecule has 0 unspecified atom stereocenters. The van der Waals surface area contributed by atoms with Crippen LogP contribution in [-0.2, 0) is 9.47 Å². The second-order valence-electron chi connectivity index (χ2n) is 6.34. The molecule has 2 fully saturated rings. The fourth-order valence-corrected chi connectivity index (χ4v) is 3.70. The van der Waals surface area contributed by atoms with E-state index in [0.29, 0.717) is 30.2 Å². The van der Waals surface area contributed by atoms with Crippen LogP contribution in [0.3, 0.4) is 0 Å². The first-order chi connectivity index (χ1) is 11.6. The molecule has 0 radical (unpaired) electrons. The highest BCUT2D eigenvalue weighted by Gasteiger charge is 2.47. The van der Waals surface area contributed by atoms with E-state index < -0.39 is 0 Å². The monoisotopic (exact) mass is 335 g/mol. The van der Waals surface area contributed by atoms with Crippen molar-refractivity contribution in [3.05, 3.63) is 23.8 Å². The summed E-state index contributed by atoms with van der Waals surface area (Å²) < 4.78 is 22.2. The molecular weight excluding hydrogens is 310 g/mol. The minimum Gasteiger partial charge on any atom is -0.497 e. The lowest BCUT2D eigenvalue weighted by atomic mass is 9.85. The Morgan fingerprint density at radius 3 is 2.42 bits per heavy atom. The summed E-state index contributed by atoms with van der Waals surface area (Å²) >= 11 is 0. The Balaban J connectivity index is 1.78. The summed E-state index contributed by atoms with van der Waals surface area (Å²) in [6.07, 6.45) is 2.77. The number of ether oxygens (including phenoxy) is 4. The normalized spacial score (nSPS) is 26.6. The number of hydrogen-bond acceptors (Lipinski definition) is 5. The van der Waals surface area contributed by atoms with Gasteiger partial charge in [0.15, 0.2) is 0 Å². The molecule has 1 aromatic carbocycles. The van der Waals surface area contributed by atoms with Gasteiger partial charge < -0.3 is 23.8 Å². The van der Waals surface area contributed by atoms with Crippen LogP contribution in [0.2, 0.25) is 0 Å². The van der Waals surface area contributed by atoms with Crippen molar-refractivity contribution >= 4 is 5.91 Å². The van der Waals surface area contributed by atoms with Crippen LogP contribution in [-0.4, -0.2) is 63.5 Å². The molecular formula is C18H25NO5. The summed E-state index contributed by atoms with van der Waals surface area (Å²) in [4.78, 5) is 14.7. The molecule has 1 spiro atoms. The van der Waals surface area contributed by atoms with E-state index in [9.17, 15) is 4.79 Å². The molecule has 2 heterocycles. The van der Waals surface area contributed by atoms with Gasteiger partial charge in [-0.2, -0.15) is 0 Å². The lowest BCUT2D eigenvalue weighted by molar-refractivity contribution is -0.136. The van der Waals surface area contributed by atoms with Gasteiger partial charge in [0, 0.05) is 38.4 Å². The zero-order valence-electron chi connectivity index (χ0n) is 14.5.